The molecule has 0 amide bonds. The molecule has 8 nitrogen and oxygen atoms in total. The summed E-state index contributed by atoms with van der Waals surface area (Å²) in [4.78, 5) is 17.9. The zero-order valence-electron chi connectivity index (χ0n) is 13.5. The number of phenolic OH excluding ortho intramolecular Hbond substituents is 3. The van der Waals surface area contributed by atoms with Crippen LogP contribution < -0.4 is 0 Å². The van der Waals surface area contributed by atoms with E-state index < -0.39 is 29.6 Å². The van der Waals surface area contributed by atoms with Crippen LogP contribution in [0.2, 0.25) is 0 Å². The third-order valence-electron chi connectivity index (χ3n) is 3.61. The molecule has 0 saturated heterocycles. The van der Waals surface area contributed by atoms with Gasteiger partial charge in [-0.3, -0.25) is 0 Å². The molecular formula is C16H19O8PS. The zero-order valence-corrected chi connectivity index (χ0v) is 15.2. The van der Waals surface area contributed by atoms with Crippen LogP contribution in [0.4, 0.5) is 0 Å². The summed E-state index contributed by atoms with van der Waals surface area (Å²) in [6.45, 7) is -4.65. The molecule has 0 unspecified atom stereocenters. The summed E-state index contributed by atoms with van der Waals surface area (Å²) in [5.74, 6) is -3.61. The Morgan fingerprint density at radius 1 is 0.962 bits per heavy atom. The first-order valence-corrected chi connectivity index (χ1v) is 10.6. The Morgan fingerprint density at radius 3 is 2.15 bits per heavy atom. The number of aromatic hydroxyl groups is 3. The van der Waals surface area contributed by atoms with Crippen molar-refractivity contribution in [2.75, 3.05) is 0 Å². The van der Waals surface area contributed by atoms with E-state index in [1.165, 1.54) is 12.1 Å². The Morgan fingerprint density at radius 2 is 1.58 bits per heavy atom. The first-order chi connectivity index (χ1) is 12.0. The smallest absolute Gasteiger partial charge is 0.388 e. The molecule has 2 aromatic carbocycles. The third-order valence-corrected chi connectivity index (χ3v) is 5.67. The van der Waals surface area contributed by atoms with Gasteiger partial charge in [-0.2, -0.15) is 0 Å². The van der Waals surface area contributed by atoms with Crippen LogP contribution in [0.25, 0.3) is 0 Å². The lowest BCUT2D eigenvalue weighted by Crippen LogP contribution is -2.26. The minimum atomic E-state index is -4.65. The third kappa shape index (κ3) is 5.63. The summed E-state index contributed by atoms with van der Waals surface area (Å²) in [6.07, 6.45) is 0.488. The zero-order chi connectivity index (χ0) is 19.5. The van der Waals surface area contributed by atoms with E-state index in [4.69, 9.17) is 9.79 Å². The maximum absolute atomic E-state index is 11.2. The lowest BCUT2D eigenvalue weighted by Gasteiger charge is -2.25. The van der Waals surface area contributed by atoms with Crippen LogP contribution in [-0.4, -0.2) is 35.3 Å². The molecule has 0 spiro atoms. The maximum atomic E-state index is 11.2. The molecule has 10 heteroatoms. The molecular weight excluding hydrogens is 383 g/mol. The molecule has 142 valence electrons. The molecule has 2 rings (SSSR count). The van der Waals surface area contributed by atoms with Gasteiger partial charge in [-0.25, -0.2) is 4.57 Å². The largest absolute Gasteiger partial charge is 0.508 e. The van der Waals surface area contributed by atoms with Gasteiger partial charge < -0.3 is 35.3 Å². The summed E-state index contributed by atoms with van der Waals surface area (Å²) >= 11 is 0.0129. The van der Waals surface area contributed by atoms with Crippen LogP contribution in [-0.2, 0) is 16.8 Å². The van der Waals surface area contributed by atoms with E-state index in [1.807, 2.05) is 0 Å². The molecule has 2 aromatic rings. The molecule has 0 bridgehead atoms. The van der Waals surface area contributed by atoms with E-state index in [0.29, 0.717) is 6.42 Å². The Labute approximate surface area is 153 Å². The van der Waals surface area contributed by atoms with Gasteiger partial charge >= 0.3 is 6.80 Å². The molecule has 0 heterocycles. The van der Waals surface area contributed by atoms with Gasteiger partial charge in [0.15, 0.2) is 5.79 Å². The molecule has 0 radical (unpaired) electrons. The van der Waals surface area contributed by atoms with E-state index in [9.17, 15) is 30.1 Å². The van der Waals surface area contributed by atoms with Crippen LogP contribution in [0.15, 0.2) is 41.3 Å². The number of aryl methyl sites for hydroxylation is 1. The van der Waals surface area contributed by atoms with Crippen LogP contribution in [0.1, 0.15) is 24.0 Å². The molecule has 0 fully saturated rings. The highest BCUT2D eigenvalue weighted by atomic mass is 32.7. The highest BCUT2D eigenvalue weighted by molar-refractivity contribution is 8.54. The predicted octanol–water partition coefficient (Wildman–Crippen LogP) is 2.15. The molecule has 7 N–H and O–H groups in total. The van der Waals surface area contributed by atoms with Gasteiger partial charge in [0.25, 0.3) is 0 Å². The Kier molecular flexibility index (Phi) is 6.23. The molecule has 0 aliphatic rings. The van der Waals surface area contributed by atoms with Crippen molar-refractivity contribution >= 4 is 18.2 Å². The van der Waals surface area contributed by atoms with Crippen molar-refractivity contribution in [3.8, 4) is 17.2 Å². The van der Waals surface area contributed by atoms with E-state index in [2.05, 4.69) is 0 Å². The predicted molar refractivity (Wildman–Crippen MR) is 94.8 cm³/mol. The number of hydrogen-bond donors (Lipinski definition) is 7. The van der Waals surface area contributed by atoms with Gasteiger partial charge in [0.05, 0.1) is 5.56 Å². The topological polar surface area (TPSA) is 159 Å². The lowest BCUT2D eigenvalue weighted by molar-refractivity contribution is -0.177. The summed E-state index contributed by atoms with van der Waals surface area (Å²) in [6, 6.07) is 8.17. The van der Waals surface area contributed by atoms with Gasteiger partial charge in [0, 0.05) is 17.4 Å². The van der Waals surface area contributed by atoms with E-state index in [0.717, 1.165) is 17.7 Å². The SMILES string of the molecule is O=P(O)(O)Sc1cc(O)cc(O)c1C(O)(O)CCCc1ccc(O)cc1. The van der Waals surface area contributed by atoms with Gasteiger partial charge in [0.2, 0.25) is 0 Å². The molecule has 0 atom stereocenters. The van der Waals surface area contributed by atoms with Crippen molar-refractivity contribution in [3.63, 3.8) is 0 Å². The van der Waals surface area contributed by atoms with Crippen molar-refractivity contribution in [2.45, 2.75) is 29.9 Å². The van der Waals surface area contributed by atoms with E-state index in [1.54, 1.807) is 12.1 Å². The second-order valence-corrected chi connectivity index (χ2v) is 9.33. The Balaban J connectivity index is 2.21. The molecule has 0 aliphatic heterocycles. The molecule has 0 saturated carbocycles. The number of benzene rings is 2. The number of phenols is 3. The van der Waals surface area contributed by atoms with Crippen molar-refractivity contribution < 1.29 is 39.9 Å². The second-order valence-electron chi connectivity index (χ2n) is 5.76. The fraction of sp³-hybridized carbons (Fsp3) is 0.250. The average molecular weight is 402 g/mol. The summed E-state index contributed by atoms with van der Waals surface area (Å²) in [5, 5.41) is 49.5. The fourth-order valence-electron chi connectivity index (χ4n) is 2.52. The van der Waals surface area contributed by atoms with Gasteiger partial charge in [-0.1, -0.05) is 12.1 Å². The normalized spacial score (nSPS) is 12.3. The number of rotatable bonds is 7. The van der Waals surface area contributed by atoms with Crippen molar-refractivity contribution in [1.29, 1.82) is 0 Å². The van der Waals surface area contributed by atoms with Crippen molar-refractivity contribution in [3.05, 3.63) is 47.5 Å². The minimum absolute atomic E-state index is 0.0129. The quantitative estimate of drug-likeness (QED) is 0.272. The van der Waals surface area contributed by atoms with E-state index in [-0.39, 0.29) is 34.9 Å². The Bertz CT molecular complexity index is 816. The standard InChI is InChI=1S/C16H19O8PS/c17-11-5-3-10(4-6-11)2-1-7-16(20,21)15-13(19)8-12(18)9-14(15)26-25(22,23)24/h3-6,8-9,17-21H,1-2,7H2,(H2,22,23,24). The summed E-state index contributed by atoms with van der Waals surface area (Å²) in [7, 11) is 0. The fourth-order valence-corrected chi connectivity index (χ4v) is 4.51. The first-order valence-electron chi connectivity index (χ1n) is 7.52. The monoisotopic (exact) mass is 402 g/mol. The summed E-state index contributed by atoms with van der Waals surface area (Å²) in [5.41, 5.74) is 0.368. The second kappa shape index (κ2) is 7.87. The average Bonchev–Trinajstić information content (AvgIpc) is 2.46. The van der Waals surface area contributed by atoms with Crippen LogP contribution in [0.5, 0.6) is 17.2 Å². The van der Waals surface area contributed by atoms with Crippen molar-refractivity contribution in [2.24, 2.45) is 0 Å². The van der Waals surface area contributed by atoms with Crippen LogP contribution >= 0.6 is 18.2 Å². The van der Waals surface area contributed by atoms with Crippen LogP contribution in [0.3, 0.4) is 0 Å². The molecule has 26 heavy (non-hydrogen) atoms. The Hall–Kier alpha value is -1.74. The maximum Gasteiger partial charge on any atom is 0.388 e. The van der Waals surface area contributed by atoms with E-state index >= 15 is 0 Å². The van der Waals surface area contributed by atoms with Crippen LogP contribution in [0, 0.1) is 0 Å². The molecule has 0 aliphatic carbocycles. The van der Waals surface area contributed by atoms with Gasteiger partial charge in [-0.05, 0) is 48.0 Å². The first kappa shape index (κ1) is 20.6. The summed E-state index contributed by atoms with van der Waals surface area (Å²) < 4.78 is 11.2. The highest BCUT2D eigenvalue weighted by Gasteiger charge is 2.34. The van der Waals surface area contributed by atoms with Crippen molar-refractivity contribution in [1.82, 2.24) is 0 Å². The van der Waals surface area contributed by atoms with Gasteiger partial charge in [0.1, 0.15) is 17.2 Å². The number of aliphatic hydroxyl groups is 2. The minimum Gasteiger partial charge on any atom is -0.508 e. The lowest BCUT2D eigenvalue weighted by atomic mass is 9.97. The highest BCUT2D eigenvalue weighted by Crippen LogP contribution is 2.58. The molecule has 0 aromatic heterocycles. The number of hydrogen-bond acceptors (Lipinski definition) is 7. The van der Waals surface area contributed by atoms with Gasteiger partial charge in [-0.15, -0.1) is 0 Å².